The number of carbonyl (C=O) groups is 1. The number of hydrogen-bond acceptors (Lipinski definition) is 5. The number of rotatable bonds is 5. The zero-order valence-corrected chi connectivity index (χ0v) is 12.1. The largest absolute Gasteiger partial charge is 0.366 e. The first-order chi connectivity index (χ1) is 9.65. The molecule has 0 bridgehead atoms. The van der Waals surface area contributed by atoms with Gasteiger partial charge in [-0.2, -0.15) is 5.10 Å². The summed E-state index contributed by atoms with van der Waals surface area (Å²) in [5.74, 6) is 1.43. The fraction of sp³-hybridized carbons (Fsp3) is 0.769. The van der Waals surface area contributed by atoms with Gasteiger partial charge in [-0.3, -0.25) is 9.89 Å². The van der Waals surface area contributed by atoms with Crippen LogP contribution < -0.4 is 5.73 Å². The molecule has 1 aromatic heterocycles. The van der Waals surface area contributed by atoms with Crippen molar-refractivity contribution in [2.45, 2.75) is 45.3 Å². The summed E-state index contributed by atoms with van der Waals surface area (Å²) in [7, 11) is 0. The van der Waals surface area contributed by atoms with E-state index in [0.29, 0.717) is 31.9 Å². The summed E-state index contributed by atoms with van der Waals surface area (Å²) in [5, 5.41) is 7.03. The van der Waals surface area contributed by atoms with Gasteiger partial charge >= 0.3 is 0 Å². The zero-order valence-electron chi connectivity index (χ0n) is 12.1. The minimum absolute atomic E-state index is 0.00796. The SMILES string of the molecule is CCCC(N)C(=O)N1CCOC(c2n[nH]c(CC)n2)C1. The lowest BCUT2D eigenvalue weighted by Crippen LogP contribution is -2.49. The van der Waals surface area contributed by atoms with Gasteiger partial charge in [0.2, 0.25) is 5.91 Å². The average Bonchev–Trinajstić information content (AvgIpc) is 2.96. The standard InChI is InChI=1S/C13H23N5O2/c1-3-5-9(14)13(19)18-6-7-20-10(8-18)12-15-11(4-2)16-17-12/h9-10H,3-8,14H2,1-2H3,(H,15,16,17). The Morgan fingerprint density at radius 2 is 2.40 bits per heavy atom. The van der Waals surface area contributed by atoms with Crippen LogP contribution in [0, 0.1) is 0 Å². The second-order valence-corrected chi connectivity index (χ2v) is 5.03. The molecule has 1 saturated heterocycles. The van der Waals surface area contributed by atoms with Crippen molar-refractivity contribution in [2.75, 3.05) is 19.7 Å². The van der Waals surface area contributed by atoms with Gasteiger partial charge in [-0.1, -0.05) is 20.3 Å². The van der Waals surface area contributed by atoms with E-state index in [-0.39, 0.29) is 12.0 Å². The Morgan fingerprint density at radius 3 is 3.05 bits per heavy atom. The molecule has 7 nitrogen and oxygen atoms in total. The van der Waals surface area contributed by atoms with Crippen LogP contribution in [-0.4, -0.2) is 51.7 Å². The van der Waals surface area contributed by atoms with Gasteiger partial charge in [0.05, 0.1) is 19.2 Å². The van der Waals surface area contributed by atoms with Crippen molar-refractivity contribution in [1.82, 2.24) is 20.1 Å². The number of nitrogens with one attached hydrogen (secondary N) is 1. The molecule has 0 saturated carbocycles. The van der Waals surface area contributed by atoms with Gasteiger partial charge in [0.25, 0.3) is 0 Å². The van der Waals surface area contributed by atoms with Crippen LogP contribution in [0.4, 0.5) is 0 Å². The third kappa shape index (κ3) is 3.34. The first-order valence-electron chi connectivity index (χ1n) is 7.22. The number of aromatic nitrogens is 3. The van der Waals surface area contributed by atoms with E-state index < -0.39 is 6.04 Å². The maximum atomic E-state index is 12.2. The Morgan fingerprint density at radius 1 is 1.60 bits per heavy atom. The molecular weight excluding hydrogens is 258 g/mol. The van der Waals surface area contributed by atoms with E-state index in [2.05, 4.69) is 15.2 Å². The zero-order chi connectivity index (χ0) is 14.5. The predicted octanol–water partition coefficient (Wildman–Crippen LogP) is 0.394. The van der Waals surface area contributed by atoms with Gasteiger partial charge in [-0.25, -0.2) is 4.98 Å². The van der Waals surface area contributed by atoms with E-state index in [1.54, 1.807) is 4.90 Å². The van der Waals surface area contributed by atoms with Crippen molar-refractivity contribution in [2.24, 2.45) is 5.73 Å². The lowest BCUT2D eigenvalue weighted by atomic mass is 10.1. The molecule has 2 heterocycles. The summed E-state index contributed by atoms with van der Waals surface area (Å²) < 4.78 is 5.66. The quantitative estimate of drug-likeness (QED) is 0.814. The number of carbonyl (C=O) groups excluding carboxylic acids is 1. The van der Waals surface area contributed by atoms with Crippen LogP contribution in [0.3, 0.4) is 0 Å². The smallest absolute Gasteiger partial charge is 0.239 e. The van der Waals surface area contributed by atoms with Crippen LogP contribution >= 0.6 is 0 Å². The number of amides is 1. The molecule has 2 unspecified atom stereocenters. The monoisotopic (exact) mass is 281 g/mol. The number of morpholine rings is 1. The molecule has 0 aliphatic carbocycles. The number of aryl methyl sites for hydroxylation is 1. The van der Waals surface area contributed by atoms with E-state index in [0.717, 1.165) is 18.7 Å². The Kier molecular flexibility index (Phi) is 5.08. The van der Waals surface area contributed by atoms with Gasteiger partial charge in [-0.05, 0) is 6.42 Å². The number of ether oxygens (including phenoxy) is 1. The average molecular weight is 281 g/mol. The maximum Gasteiger partial charge on any atom is 0.239 e. The van der Waals surface area contributed by atoms with Crippen molar-refractivity contribution >= 4 is 5.91 Å². The fourth-order valence-corrected chi connectivity index (χ4v) is 2.29. The molecule has 1 aromatic rings. The topological polar surface area (TPSA) is 97.1 Å². The van der Waals surface area contributed by atoms with Crippen LogP contribution in [0.2, 0.25) is 0 Å². The minimum atomic E-state index is -0.419. The van der Waals surface area contributed by atoms with Crippen LogP contribution in [0.15, 0.2) is 0 Å². The van der Waals surface area contributed by atoms with Gasteiger partial charge in [0.1, 0.15) is 11.9 Å². The number of aromatic amines is 1. The number of H-pyrrole nitrogens is 1. The molecule has 20 heavy (non-hydrogen) atoms. The number of nitrogens with zero attached hydrogens (tertiary/aromatic N) is 3. The predicted molar refractivity (Wildman–Crippen MR) is 73.9 cm³/mol. The molecule has 2 atom stereocenters. The summed E-state index contributed by atoms with van der Waals surface area (Å²) >= 11 is 0. The highest BCUT2D eigenvalue weighted by Gasteiger charge is 2.30. The molecule has 7 heteroatoms. The third-order valence-corrected chi connectivity index (χ3v) is 3.47. The van der Waals surface area contributed by atoms with Crippen LogP contribution in [0.5, 0.6) is 0 Å². The highest BCUT2D eigenvalue weighted by atomic mass is 16.5. The van der Waals surface area contributed by atoms with Gasteiger partial charge in [0, 0.05) is 13.0 Å². The van der Waals surface area contributed by atoms with Crippen molar-refractivity contribution in [1.29, 1.82) is 0 Å². The molecule has 0 radical (unpaired) electrons. The Balaban J connectivity index is 1.99. The molecule has 1 amide bonds. The second-order valence-electron chi connectivity index (χ2n) is 5.03. The summed E-state index contributed by atoms with van der Waals surface area (Å²) in [6, 6.07) is -0.419. The van der Waals surface area contributed by atoms with Crippen LogP contribution in [-0.2, 0) is 16.0 Å². The molecule has 0 spiro atoms. The Hall–Kier alpha value is -1.47. The third-order valence-electron chi connectivity index (χ3n) is 3.47. The number of hydrogen-bond donors (Lipinski definition) is 2. The van der Waals surface area contributed by atoms with E-state index >= 15 is 0 Å². The Labute approximate surface area is 118 Å². The molecule has 1 aliphatic heterocycles. The highest BCUT2D eigenvalue weighted by molar-refractivity contribution is 5.81. The second kappa shape index (κ2) is 6.81. The molecule has 3 N–H and O–H groups in total. The van der Waals surface area contributed by atoms with Crippen molar-refractivity contribution in [3.8, 4) is 0 Å². The van der Waals surface area contributed by atoms with Gasteiger partial charge < -0.3 is 15.4 Å². The Bertz CT molecular complexity index is 448. The molecule has 2 rings (SSSR count). The van der Waals surface area contributed by atoms with Crippen LogP contribution in [0.1, 0.15) is 44.4 Å². The summed E-state index contributed by atoms with van der Waals surface area (Å²) in [5.41, 5.74) is 5.90. The van der Waals surface area contributed by atoms with Crippen molar-refractivity contribution < 1.29 is 9.53 Å². The van der Waals surface area contributed by atoms with Gasteiger partial charge in [-0.15, -0.1) is 0 Å². The summed E-state index contributed by atoms with van der Waals surface area (Å²) in [6.45, 7) is 5.57. The fourth-order valence-electron chi connectivity index (χ4n) is 2.29. The highest BCUT2D eigenvalue weighted by Crippen LogP contribution is 2.20. The lowest BCUT2D eigenvalue weighted by molar-refractivity contribution is -0.140. The van der Waals surface area contributed by atoms with E-state index in [9.17, 15) is 4.79 Å². The minimum Gasteiger partial charge on any atom is -0.366 e. The van der Waals surface area contributed by atoms with Crippen molar-refractivity contribution in [3.05, 3.63) is 11.6 Å². The first-order valence-corrected chi connectivity index (χ1v) is 7.22. The molecule has 1 aliphatic rings. The normalized spacial score (nSPS) is 20.9. The first kappa shape index (κ1) is 14.9. The lowest BCUT2D eigenvalue weighted by Gasteiger charge is -2.33. The van der Waals surface area contributed by atoms with Crippen LogP contribution in [0.25, 0.3) is 0 Å². The van der Waals surface area contributed by atoms with Gasteiger partial charge in [0.15, 0.2) is 5.82 Å². The number of nitrogens with two attached hydrogens (primary N) is 1. The van der Waals surface area contributed by atoms with E-state index in [1.807, 2.05) is 13.8 Å². The maximum absolute atomic E-state index is 12.2. The molecule has 1 fully saturated rings. The molecule has 112 valence electrons. The van der Waals surface area contributed by atoms with E-state index in [1.165, 1.54) is 0 Å². The van der Waals surface area contributed by atoms with Crippen molar-refractivity contribution in [3.63, 3.8) is 0 Å². The summed E-state index contributed by atoms with van der Waals surface area (Å²) in [6.07, 6.45) is 2.14. The molecule has 0 aromatic carbocycles. The van der Waals surface area contributed by atoms with E-state index in [4.69, 9.17) is 10.5 Å². The summed E-state index contributed by atoms with van der Waals surface area (Å²) in [4.78, 5) is 18.3. The molecular formula is C13H23N5O2.